The second kappa shape index (κ2) is 7.38. The largest absolute Gasteiger partial charge is 0.462 e. The van der Waals surface area contributed by atoms with Crippen LogP contribution in [0.3, 0.4) is 0 Å². The Morgan fingerprint density at radius 1 is 1.44 bits per heavy atom. The monoisotopic (exact) mass is 384 g/mol. The van der Waals surface area contributed by atoms with Crippen molar-refractivity contribution in [2.24, 2.45) is 5.73 Å². The fourth-order valence-electron chi connectivity index (χ4n) is 2.69. The van der Waals surface area contributed by atoms with Crippen molar-refractivity contribution in [3.05, 3.63) is 29.1 Å². The first-order valence-electron chi connectivity index (χ1n) is 7.98. The van der Waals surface area contributed by atoms with E-state index in [0.29, 0.717) is 30.0 Å². The van der Waals surface area contributed by atoms with Crippen LogP contribution in [0.1, 0.15) is 16.6 Å². The topological polar surface area (TPSA) is 98.9 Å². The summed E-state index contributed by atoms with van der Waals surface area (Å²) in [6.45, 7) is 3.19. The van der Waals surface area contributed by atoms with Gasteiger partial charge in [0.15, 0.2) is 0 Å². The Morgan fingerprint density at radius 3 is 2.96 bits per heavy atom. The standard InChI is InChI=1S/C16H20N2O5S2/c1-2-22-16(19)15-8-11-7-13(3-4-14(11)24-15)25(20,21)18-5-6-23-12(9-17)10-18/h3-4,7-8,12H,2,5-6,9-10,17H2,1H3. The predicted molar refractivity (Wildman–Crippen MR) is 95.3 cm³/mol. The third-order valence-electron chi connectivity index (χ3n) is 3.97. The molecule has 1 unspecified atom stereocenters. The van der Waals surface area contributed by atoms with Gasteiger partial charge >= 0.3 is 5.97 Å². The van der Waals surface area contributed by atoms with E-state index in [1.54, 1.807) is 31.2 Å². The van der Waals surface area contributed by atoms with Gasteiger partial charge in [0.2, 0.25) is 10.0 Å². The van der Waals surface area contributed by atoms with Crippen LogP contribution >= 0.6 is 11.3 Å². The van der Waals surface area contributed by atoms with Crippen LogP contribution in [0.5, 0.6) is 0 Å². The van der Waals surface area contributed by atoms with E-state index in [-0.39, 0.29) is 24.1 Å². The number of ether oxygens (including phenoxy) is 2. The fraction of sp³-hybridized carbons (Fsp3) is 0.438. The summed E-state index contributed by atoms with van der Waals surface area (Å²) in [4.78, 5) is 12.5. The minimum absolute atomic E-state index is 0.200. The second-order valence-corrected chi connectivity index (χ2v) is 8.64. The molecule has 1 aromatic heterocycles. The molecule has 7 nitrogen and oxygen atoms in total. The highest BCUT2D eigenvalue weighted by molar-refractivity contribution is 7.89. The molecule has 25 heavy (non-hydrogen) atoms. The zero-order valence-electron chi connectivity index (χ0n) is 13.8. The maximum Gasteiger partial charge on any atom is 0.348 e. The number of morpholine rings is 1. The Balaban J connectivity index is 1.91. The molecule has 1 fully saturated rings. The molecule has 2 N–H and O–H groups in total. The minimum Gasteiger partial charge on any atom is -0.462 e. The van der Waals surface area contributed by atoms with Crippen LogP contribution in [0.25, 0.3) is 10.1 Å². The number of thiophene rings is 1. The maximum absolute atomic E-state index is 12.9. The van der Waals surface area contributed by atoms with Crippen molar-refractivity contribution in [3.8, 4) is 0 Å². The van der Waals surface area contributed by atoms with E-state index in [1.165, 1.54) is 15.6 Å². The lowest BCUT2D eigenvalue weighted by Gasteiger charge is -2.31. The van der Waals surface area contributed by atoms with Gasteiger partial charge in [-0.1, -0.05) is 0 Å². The van der Waals surface area contributed by atoms with Gasteiger partial charge in [-0.2, -0.15) is 4.31 Å². The molecule has 1 saturated heterocycles. The molecule has 0 amide bonds. The first kappa shape index (κ1) is 18.3. The van der Waals surface area contributed by atoms with Crippen molar-refractivity contribution in [2.45, 2.75) is 17.9 Å². The highest BCUT2D eigenvalue weighted by atomic mass is 32.2. The first-order chi connectivity index (χ1) is 12.0. The van der Waals surface area contributed by atoms with Crippen molar-refractivity contribution in [1.82, 2.24) is 4.31 Å². The molecule has 3 rings (SSSR count). The summed E-state index contributed by atoms with van der Waals surface area (Å²) in [6.07, 6.45) is -0.288. The molecule has 2 heterocycles. The van der Waals surface area contributed by atoms with Crippen molar-refractivity contribution in [3.63, 3.8) is 0 Å². The number of benzene rings is 1. The molecular formula is C16H20N2O5S2. The van der Waals surface area contributed by atoms with Gasteiger partial charge in [-0.3, -0.25) is 0 Å². The Hall–Kier alpha value is -1.52. The number of carbonyl (C=O) groups is 1. The summed E-state index contributed by atoms with van der Waals surface area (Å²) < 4.78 is 38.4. The number of fused-ring (bicyclic) bond motifs is 1. The van der Waals surface area contributed by atoms with Crippen molar-refractivity contribution in [2.75, 3.05) is 32.8 Å². The molecule has 0 radical (unpaired) electrons. The van der Waals surface area contributed by atoms with E-state index in [9.17, 15) is 13.2 Å². The smallest absolute Gasteiger partial charge is 0.348 e. The summed E-state index contributed by atoms with van der Waals surface area (Å²) >= 11 is 1.28. The lowest BCUT2D eigenvalue weighted by molar-refractivity contribution is 0.00451. The van der Waals surface area contributed by atoms with Crippen molar-refractivity contribution in [1.29, 1.82) is 0 Å². The highest BCUT2D eigenvalue weighted by Gasteiger charge is 2.30. The summed E-state index contributed by atoms with van der Waals surface area (Å²) in [5, 5.41) is 0.706. The van der Waals surface area contributed by atoms with Crippen LogP contribution in [-0.4, -0.2) is 57.6 Å². The van der Waals surface area contributed by atoms with Crippen LogP contribution < -0.4 is 5.73 Å². The predicted octanol–water partition coefficient (Wildman–Crippen LogP) is 1.43. The van der Waals surface area contributed by atoms with E-state index < -0.39 is 16.0 Å². The molecule has 1 atom stereocenters. The molecule has 136 valence electrons. The number of carbonyl (C=O) groups excluding carboxylic acids is 1. The summed E-state index contributed by atoms with van der Waals surface area (Å²) in [5.74, 6) is -0.396. The average molecular weight is 384 g/mol. The summed E-state index contributed by atoms with van der Waals surface area (Å²) in [5.41, 5.74) is 5.59. The van der Waals surface area contributed by atoms with Gasteiger partial charge in [-0.15, -0.1) is 11.3 Å². The molecule has 1 aliphatic heterocycles. The van der Waals surface area contributed by atoms with Crippen LogP contribution in [0.2, 0.25) is 0 Å². The number of hydrogen-bond donors (Lipinski definition) is 1. The van der Waals surface area contributed by atoms with Crippen LogP contribution in [-0.2, 0) is 19.5 Å². The molecule has 0 saturated carbocycles. The molecule has 0 aliphatic carbocycles. The summed E-state index contributed by atoms with van der Waals surface area (Å²) in [6, 6.07) is 6.54. The minimum atomic E-state index is -3.63. The van der Waals surface area contributed by atoms with Crippen LogP contribution in [0.4, 0.5) is 0 Å². The second-order valence-electron chi connectivity index (χ2n) is 5.62. The van der Waals surface area contributed by atoms with Crippen LogP contribution in [0.15, 0.2) is 29.2 Å². The maximum atomic E-state index is 12.9. The number of nitrogens with zero attached hydrogens (tertiary/aromatic N) is 1. The molecule has 2 aromatic rings. The number of esters is 1. The van der Waals surface area contributed by atoms with Gasteiger partial charge in [-0.05, 0) is 36.6 Å². The molecule has 9 heteroatoms. The SMILES string of the molecule is CCOC(=O)c1cc2cc(S(=O)(=O)N3CCOC(CN)C3)ccc2s1. The van der Waals surface area contributed by atoms with Gasteiger partial charge in [0.05, 0.1) is 24.2 Å². The number of rotatable bonds is 5. The lowest BCUT2D eigenvalue weighted by atomic mass is 10.2. The van der Waals surface area contributed by atoms with Gasteiger partial charge < -0.3 is 15.2 Å². The first-order valence-corrected chi connectivity index (χ1v) is 10.2. The molecule has 1 aromatic carbocycles. The number of nitrogens with two attached hydrogens (primary N) is 1. The Bertz CT molecular complexity index is 878. The van der Waals surface area contributed by atoms with Gasteiger partial charge in [-0.25, -0.2) is 13.2 Å². The number of hydrogen-bond acceptors (Lipinski definition) is 7. The van der Waals surface area contributed by atoms with E-state index in [2.05, 4.69) is 0 Å². The van der Waals surface area contributed by atoms with E-state index in [0.717, 1.165) is 4.70 Å². The number of sulfonamides is 1. The van der Waals surface area contributed by atoms with Gasteiger partial charge in [0, 0.05) is 24.3 Å². The zero-order chi connectivity index (χ0) is 18.0. The molecule has 0 spiro atoms. The average Bonchev–Trinajstić information content (AvgIpc) is 3.05. The molecule has 0 bridgehead atoms. The van der Waals surface area contributed by atoms with Gasteiger partial charge in [0.1, 0.15) is 4.88 Å². The lowest BCUT2D eigenvalue weighted by Crippen LogP contribution is -2.48. The normalized spacial score (nSPS) is 19.2. The third-order valence-corrected chi connectivity index (χ3v) is 6.92. The van der Waals surface area contributed by atoms with E-state index in [4.69, 9.17) is 15.2 Å². The van der Waals surface area contributed by atoms with E-state index >= 15 is 0 Å². The Kier molecular flexibility index (Phi) is 5.40. The fourth-order valence-corrected chi connectivity index (χ4v) is 5.12. The quantitative estimate of drug-likeness (QED) is 0.783. The Labute approximate surface area is 150 Å². The highest BCUT2D eigenvalue weighted by Crippen LogP contribution is 2.30. The zero-order valence-corrected chi connectivity index (χ0v) is 15.4. The summed E-state index contributed by atoms with van der Waals surface area (Å²) in [7, 11) is -3.63. The van der Waals surface area contributed by atoms with E-state index in [1.807, 2.05) is 0 Å². The molecular weight excluding hydrogens is 364 g/mol. The van der Waals surface area contributed by atoms with Crippen molar-refractivity contribution >= 4 is 37.4 Å². The van der Waals surface area contributed by atoms with Gasteiger partial charge in [0.25, 0.3) is 0 Å². The van der Waals surface area contributed by atoms with Crippen molar-refractivity contribution < 1.29 is 22.7 Å². The Morgan fingerprint density at radius 2 is 2.24 bits per heavy atom. The third kappa shape index (κ3) is 3.70. The van der Waals surface area contributed by atoms with Crippen LogP contribution in [0, 0.1) is 0 Å². The molecule has 1 aliphatic rings.